The van der Waals surface area contributed by atoms with Crippen molar-refractivity contribution in [3.63, 3.8) is 0 Å². The summed E-state index contributed by atoms with van der Waals surface area (Å²) >= 11 is 5.06. The van der Waals surface area contributed by atoms with Crippen LogP contribution in [0.1, 0.15) is 40.3 Å². The van der Waals surface area contributed by atoms with E-state index in [1.54, 1.807) is 7.11 Å². The van der Waals surface area contributed by atoms with Gasteiger partial charge in [-0.1, -0.05) is 75.8 Å². The third kappa shape index (κ3) is 3.81. The average molecular weight is 543 g/mol. The first-order chi connectivity index (χ1) is 17.0. The molecule has 0 bridgehead atoms. The van der Waals surface area contributed by atoms with E-state index in [1.165, 1.54) is 28.0 Å². The van der Waals surface area contributed by atoms with Crippen molar-refractivity contribution in [3.8, 4) is 5.75 Å². The van der Waals surface area contributed by atoms with E-state index < -0.39 is 0 Å². The van der Waals surface area contributed by atoms with Crippen molar-refractivity contribution >= 4 is 39.0 Å². The minimum Gasteiger partial charge on any atom is -0.497 e. The maximum absolute atomic E-state index is 13.8. The molecule has 2 aliphatic rings. The minimum absolute atomic E-state index is 0.0105. The Morgan fingerprint density at radius 3 is 2.77 bits per heavy atom. The Kier molecular flexibility index (Phi) is 5.58. The van der Waals surface area contributed by atoms with Gasteiger partial charge in [0.25, 0.3) is 5.56 Å². The lowest BCUT2D eigenvalue weighted by Crippen LogP contribution is -2.38. The number of benzene rings is 3. The molecule has 35 heavy (non-hydrogen) atoms. The highest BCUT2D eigenvalue weighted by atomic mass is 79.9. The van der Waals surface area contributed by atoms with Gasteiger partial charge in [0.05, 0.1) is 23.4 Å². The molecule has 0 spiro atoms. The molecule has 0 fully saturated rings. The fourth-order valence-corrected chi connectivity index (χ4v) is 6.38. The van der Waals surface area contributed by atoms with Gasteiger partial charge in [0.1, 0.15) is 5.75 Å². The van der Waals surface area contributed by atoms with Gasteiger partial charge in [0.2, 0.25) is 0 Å². The van der Waals surface area contributed by atoms with Crippen molar-refractivity contribution < 1.29 is 4.74 Å². The summed E-state index contributed by atoms with van der Waals surface area (Å²) < 4.78 is 9.11. The van der Waals surface area contributed by atoms with E-state index in [2.05, 4.69) is 59.3 Å². The summed E-state index contributed by atoms with van der Waals surface area (Å²) in [6.45, 7) is 2.05. The molecule has 1 aliphatic heterocycles. The maximum atomic E-state index is 13.8. The summed E-state index contributed by atoms with van der Waals surface area (Å²) in [6, 6.07) is 22.5. The van der Waals surface area contributed by atoms with E-state index in [9.17, 15) is 4.79 Å². The maximum Gasteiger partial charge on any atom is 0.271 e. The van der Waals surface area contributed by atoms with Gasteiger partial charge < -0.3 is 4.74 Å². The highest BCUT2D eigenvalue weighted by molar-refractivity contribution is 9.10. The lowest BCUT2D eigenvalue weighted by molar-refractivity contribution is 0.413. The van der Waals surface area contributed by atoms with Crippen molar-refractivity contribution in [1.29, 1.82) is 0 Å². The number of hydrogen-bond donors (Lipinski definition) is 0. The first-order valence-corrected chi connectivity index (χ1v) is 13.2. The van der Waals surface area contributed by atoms with Gasteiger partial charge in [-0.3, -0.25) is 9.36 Å². The lowest BCUT2D eigenvalue weighted by Gasteiger charge is -2.31. The molecule has 174 valence electrons. The Morgan fingerprint density at radius 1 is 1.09 bits per heavy atom. The first-order valence-electron chi connectivity index (χ1n) is 11.6. The number of allylic oxidation sites excluding steroid dienone is 1. The van der Waals surface area contributed by atoms with Crippen molar-refractivity contribution in [3.05, 3.63) is 124 Å². The predicted molar refractivity (Wildman–Crippen MR) is 145 cm³/mol. The van der Waals surface area contributed by atoms with Crippen LogP contribution in [-0.2, 0) is 6.42 Å². The number of fused-ring (bicyclic) bond motifs is 3. The van der Waals surface area contributed by atoms with Crippen LogP contribution >= 0.6 is 27.3 Å². The molecular weight excluding hydrogens is 520 g/mol. The number of aromatic nitrogens is 1. The van der Waals surface area contributed by atoms with Crippen LogP contribution in [0, 0.1) is 6.92 Å². The number of thiazole rings is 1. The molecule has 0 saturated carbocycles. The number of halogens is 1. The molecule has 3 aromatic carbocycles. The molecule has 4 nitrogen and oxygen atoms in total. The second kappa shape index (κ2) is 8.77. The molecule has 4 aromatic rings. The molecule has 2 heterocycles. The zero-order valence-corrected chi connectivity index (χ0v) is 21.8. The molecule has 0 saturated heterocycles. The third-order valence-corrected chi connectivity index (χ3v) is 8.61. The number of methoxy groups -OCH3 is 1. The first kappa shape index (κ1) is 22.3. The second-order valence-corrected chi connectivity index (χ2v) is 10.8. The molecule has 0 amide bonds. The standard InChI is InChI=1S/C29H23BrN2O2S/c1-17-10-11-18(14-24(17)30)15-25-28(33)32-27(20-7-5-8-21(16-20)34-2)23-13-12-19-6-3-4-9-22(19)26(23)31-29(32)35-25/h3-11,14-16,27H,12-13H2,1-2H3. The van der Waals surface area contributed by atoms with Gasteiger partial charge in [0, 0.05) is 10.0 Å². The largest absolute Gasteiger partial charge is 0.497 e. The molecule has 6 heteroatoms. The van der Waals surface area contributed by atoms with Crippen LogP contribution in [0.25, 0.3) is 11.8 Å². The fraction of sp³-hybridized carbons (Fsp3) is 0.172. The van der Waals surface area contributed by atoms with Gasteiger partial charge in [-0.15, -0.1) is 0 Å². The van der Waals surface area contributed by atoms with Gasteiger partial charge in [-0.25, -0.2) is 4.99 Å². The molecular formula is C29H23BrN2O2S. The van der Waals surface area contributed by atoms with E-state index in [1.807, 2.05) is 41.0 Å². The number of nitrogens with zero attached hydrogens (tertiary/aromatic N) is 2. The lowest BCUT2D eigenvalue weighted by atomic mass is 9.83. The van der Waals surface area contributed by atoms with Crippen molar-refractivity contribution in [1.82, 2.24) is 4.57 Å². The average Bonchev–Trinajstić information content (AvgIpc) is 3.19. The van der Waals surface area contributed by atoms with E-state index in [0.717, 1.165) is 50.3 Å². The summed E-state index contributed by atoms with van der Waals surface area (Å²) in [7, 11) is 1.67. The molecule has 0 N–H and O–H groups in total. The molecule has 1 unspecified atom stereocenters. The third-order valence-electron chi connectivity index (χ3n) is 6.78. The molecule has 1 aromatic heterocycles. The Balaban J connectivity index is 1.62. The summed E-state index contributed by atoms with van der Waals surface area (Å²) in [5.41, 5.74) is 7.85. The summed E-state index contributed by atoms with van der Waals surface area (Å²) in [5.74, 6) is 0.782. The van der Waals surface area contributed by atoms with E-state index >= 15 is 0 Å². The molecule has 1 atom stereocenters. The Hall–Kier alpha value is -3.22. The Bertz CT molecular complexity index is 1700. The van der Waals surface area contributed by atoms with E-state index in [-0.39, 0.29) is 11.6 Å². The number of ether oxygens (including phenoxy) is 1. The monoisotopic (exact) mass is 542 g/mol. The number of hydrogen-bond acceptors (Lipinski definition) is 4. The molecule has 6 rings (SSSR count). The van der Waals surface area contributed by atoms with E-state index in [0.29, 0.717) is 4.53 Å². The van der Waals surface area contributed by atoms with Gasteiger partial charge in [-0.2, -0.15) is 0 Å². The zero-order chi connectivity index (χ0) is 24.1. The van der Waals surface area contributed by atoms with Crippen LogP contribution in [0.4, 0.5) is 0 Å². The highest BCUT2D eigenvalue weighted by Gasteiger charge is 2.32. The predicted octanol–water partition coefficient (Wildman–Crippen LogP) is 5.40. The topological polar surface area (TPSA) is 43.6 Å². The second-order valence-electron chi connectivity index (χ2n) is 8.90. The number of aryl methyl sites for hydroxylation is 2. The van der Waals surface area contributed by atoms with Crippen LogP contribution < -0.4 is 19.6 Å². The van der Waals surface area contributed by atoms with Crippen molar-refractivity contribution in [2.24, 2.45) is 4.99 Å². The normalized spacial score (nSPS) is 16.9. The van der Waals surface area contributed by atoms with Gasteiger partial charge >= 0.3 is 0 Å². The SMILES string of the molecule is COc1cccc(C2C3=C(N=c4sc(=Cc5ccc(C)c(Br)c5)c(=O)n42)c2ccccc2CC3)c1. The van der Waals surface area contributed by atoms with Crippen LogP contribution in [0.5, 0.6) is 5.75 Å². The van der Waals surface area contributed by atoms with Crippen LogP contribution in [-0.4, -0.2) is 11.7 Å². The smallest absolute Gasteiger partial charge is 0.271 e. The summed E-state index contributed by atoms with van der Waals surface area (Å²) in [6.07, 6.45) is 3.77. The Morgan fingerprint density at radius 2 is 1.94 bits per heavy atom. The van der Waals surface area contributed by atoms with Crippen LogP contribution in [0.3, 0.4) is 0 Å². The zero-order valence-electron chi connectivity index (χ0n) is 19.4. The summed E-state index contributed by atoms with van der Waals surface area (Å²) in [4.78, 5) is 19.7. The quantitative estimate of drug-likeness (QED) is 0.348. The molecule has 1 aliphatic carbocycles. The molecule has 0 radical (unpaired) electrons. The van der Waals surface area contributed by atoms with Crippen molar-refractivity contribution in [2.45, 2.75) is 25.8 Å². The van der Waals surface area contributed by atoms with Gasteiger partial charge in [-0.05, 0) is 71.9 Å². The van der Waals surface area contributed by atoms with Crippen molar-refractivity contribution in [2.75, 3.05) is 7.11 Å². The highest BCUT2D eigenvalue weighted by Crippen LogP contribution is 2.41. The van der Waals surface area contributed by atoms with Crippen LogP contribution in [0.2, 0.25) is 0 Å². The summed E-state index contributed by atoms with van der Waals surface area (Å²) in [5, 5.41) is 0. The van der Waals surface area contributed by atoms with Crippen LogP contribution in [0.15, 0.2) is 86.6 Å². The Labute approximate surface area is 215 Å². The van der Waals surface area contributed by atoms with E-state index in [4.69, 9.17) is 9.73 Å². The van der Waals surface area contributed by atoms with Gasteiger partial charge in [0.15, 0.2) is 4.80 Å². The number of rotatable bonds is 3. The minimum atomic E-state index is -0.211. The fourth-order valence-electron chi connectivity index (χ4n) is 4.98.